The second kappa shape index (κ2) is 6.90. The minimum absolute atomic E-state index is 0.786. The molecule has 4 nitrogen and oxygen atoms in total. The van der Waals surface area contributed by atoms with Gasteiger partial charge in [0, 0.05) is 49.1 Å². The molecule has 0 aromatic carbocycles. The number of nitrogens with zero attached hydrogens (tertiary/aromatic N) is 2. The summed E-state index contributed by atoms with van der Waals surface area (Å²) in [5.41, 5.74) is 4.81. The Hall–Kier alpha value is -1.33. The maximum Gasteiger partial charge on any atom is 0.183 e. The number of nitrogens with one attached hydrogen (secondary N) is 1. The Kier molecular flexibility index (Phi) is 5.20. The lowest BCUT2D eigenvalue weighted by atomic mass is 10.2. The molecule has 110 valence electrons. The molecule has 0 atom stereocenters. The first kappa shape index (κ1) is 15.1. The monoisotopic (exact) mass is 293 g/mol. The maximum atomic E-state index is 5.32. The fraction of sp³-hybridized carbons (Fsp3) is 0.533. The first-order valence-electron chi connectivity index (χ1n) is 7.04. The van der Waals surface area contributed by atoms with Crippen molar-refractivity contribution in [2.24, 2.45) is 7.05 Å². The van der Waals surface area contributed by atoms with Gasteiger partial charge in [0.05, 0.1) is 5.69 Å². The molecule has 0 unspecified atom stereocenters. The van der Waals surface area contributed by atoms with Crippen LogP contribution < -0.4 is 5.32 Å². The van der Waals surface area contributed by atoms with Gasteiger partial charge in [0.2, 0.25) is 0 Å². The molecule has 0 fully saturated rings. The topological polar surface area (TPSA) is 39.1 Å². The largest absolute Gasteiger partial charge is 0.382 e. The Balaban J connectivity index is 1.96. The molecule has 2 aromatic rings. The van der Waals surface area contributed by atoms with Gasteiger partial charge in [0.25, 0.3) is 0 Å². The third kappa shape index (κ3) is 3.41. The van der Waals surface area contributed by atoms with E-state index in [1.165, 1.54) is 17.0 Å². The minimum Gasteiger partial charge on any atom is -0.382 e. The molecule has 0 bridgehead atoms. The lowest BCUT2D eigenvalue weighted by Crippen LogP contribution is -2.05. The van der Waals surface area contributed by atoms with Crippen molar-refractivity contribution in [1.82, 2.24) is 9.55 Å². The Morgan fingerprint density at radius 2 is 2.20 bits per heavy atom. The summed E-state index contributed by atoms with van der Waals surface area (Å²) in [6.07, 6.45) is 1.01. The van der Waals surface area contributed by atoms with Crippen molar-refractivity contribution >= 4 is 16.5 Å². The van der Waals surface area contributed by atoms with E-state index in [0.717, 1.165) is 37.0 Å². The fourth-order valence-corrected chi connectivity index (χ4v) is 2.85. The van der Waals surface area contributed by atoms with Gasteiger partial charge < -0.3 is 14.6 Å². The summed E-state index contributed by atoms with van der Waals surface area (Å²) in [6, 6.07) is 2.20. The predicted octanol–water partition coefficient (Wildman–Crippen LogP) is 3.60. The number of aryl methyl sites for hydroxylation is 1. The second-order valence-electron chi connectivity index (χ2n) is 4.86. The second-order valence-corrected chi connectivity index (χ2v) is 5.72. The molecule has 5 heteroatoms. The van der Waals surface area contributed by atoms with E-state index in [2.05, 4.69) is 47.2 Å². The summed E-state index contributed by atoms with van der Waals surface area (Å²) in [6.45, 7) is 8.77. The van der Waals surface area contributed by atoms with Crippen LogP contribution in [0.1, 0.15) is 24.7 Å². The van der Waals surface area contributed by atoms with Crippen molar-refractivity contribution in [3.63, 3.8) is 0 Å². The minimum atomic E-state index is 0.786. The van der Waals surface area contributed by atoms with E-state index in [0.29, 0.717) is 0 Å². The quantitative estimate of drug-likeness (QED) is 0.793. The highest BCUT2D eigenvalue weighted by Crippen LogP contribution is 2.29. The van der Waals surface area contributed by atoms with E-state index in [9.17, 15) is 0 Å². The number of hydrogen-bond acceptors (Lipinski definition) is 4. The van der Waals surface area contributed by atoms with Crippen LogP contribution in [-0.2, 0) is 11.8 Å². The number of ether oxygens (including phenoxy) is 1. The van der Waals surface area contributed by atoms with Gasteiger partial charge in [0.1, 0.15) is 0 Å². The van der Waals surface area contributed by atoms with Crippen molar-refractivity contribution in [2.75, 3.05) is 25.1 Å². The van der Waals surface area contributed by atoms with Crippen LogP contribution in [0.15, 0.2) is 11.4 Å². The SMILES string of the molecule is CCOCCCNc1nc(-c2cc(C)n(C)c2C)cs1. The van der Waals surface area contributed by atoms with E-state index in [1.54, 1.807) is 11.3 Å². The standard InChI is InChI=1S/C15H23N3OS/c1-5-19-8-6-7-16-15-17-14(10-20-15)13-9-11(2)18(4)12(13)3/h9-10H,5-8H2,1-4H3,(H,16,17). The third-order valence-corrected chi connectivity index (χ3v) is 4.30. The highest BCUT2D eigenvalue weighted by molar-refractivity contribution is 7.14. The molecule has 2 heterocycles. The molecule has 0 aliphatic rings. The van der Waals surface area contributed by atoms with Gasteiger partial charge in [-0.15, -0.1) is 11.3 Å². The molecule has 0 amide bonds. The van der Waals surface area contributed by atoms with Crippen molar-refractivity contribution in [3.8, 4) is 11.3 Å². The summed E-state index contributed by atoms with van der Waals surface area (Å²) in [4.78, 5) is 4.67. The zero-order valence-corrected chi connectivity index (χ0v) is 13.5. The molecule has 20 heavy (non-hydrogen) atoms. The molecule has 0 saturated heterocycles. The van der Waals surface area contributed by atoms with Crippen molar-refractivity contribution in [1.29, 1.82) is 0 Å². The average molecular weight is 293 g/mol. The molecule has 0 spiro atoms. The Labute approximate surface area is 124 Å². The molecule has 0 radical (unpaired) electrons. The fourth-order valence-electron chi connectivity index (χ4n) is 2.11. The Morgan fingerprint density at radius 3 is 2.85 bits per heavy atom. The lowest BCUT2D eigenvalue weighted by Gasteiger charge is -2.02. The average Bonchev–Trinajstić information content (AvgIpc) is 2.99. The number of hydrogen-bond donors (Lipinski definition) is 1. The van der Waals surface area contributed by atoms with E-state index in [4.69, 9.17) is 4.74 Å². The summed E-state index contributed by atoms with van der Waals surface area (Å²) in [5, 5.41) is 6.46. The molecular weight excluding hydrogens is 270 g/mol. The highest BCUT2D eigenvalue weighted by atomic mass is 32.1. The molecule has 2 aromatic heterocycles. The zero-order chi connectivity index (χ0) is 14.5. The zero-order valence-electron chi connectivity index (χ0n) is 12.7. The van der Waals surface area contributed by atoms with E-state index >= 15 is 0 Å². The van der Waals surface area contributed by atoms with Gasteiger partial charge in [-0.3, -0.25) is 0 Å². The van der Waals surface area contributed by atoms with Crippen LogP contribution in [0.3, 0.4) is 0 Å². The van der Waals surface area contributed by atoms with E-state index in [-0.39, 0.29) is 0 Å². The normalized spacial score (nSPS) is 11.0. The van der Waals surface area contributed by atoms with Gasteiger partial charge in [-0.2, -0.15) is 0 Å². The number of aromatic nitrogens is 2. The van der Waals surface area contributed by atoms with Gasteiger partial charge in [-0.1, -0.05) is 0 Å². The molecular formula is C15H23N3OS. The maximum absolute atomic E-state index is 5.32. The van der Waals surface area contributed by atoms with Crippen molar-refractivity contribution in [2.45, 2.75) is 27.2 Å². The van der Waals surface area contributed by atoms with Crippen LogP contribution in [0, 0.1) is 13.8 Å². The number of rotatable bonds is 7. The van der Waals surface area contributed by atoms with Crippen LogP contribution in [0.5, 0.6) is 0 Å². The van der Waals surface area contributed by atoms with Crippen LogP contribution in [0.4, 0.5) is 5.13 Å². The lowest BCUT2D eigenvalue weighted by molar-refractivity contribution is 0.147. The van der Waals surface area contributed by atoms with Crippen LogP contribution in [0.25, 0.3) is 11.3 Å². The van der Waals surface area contributed by atoms with Gasteiger partial charge in [0.15, 0.2) is 5.13 Å². The Morgan fingerprint density at radius 1 is 1.40 bits per heavy atom. The highest BCUT2D eigenvalue weighted by Gasteiger charge is 2.11. The summed E-state index contributed by atoms with van der Waals surface area (Å²) >= 11 is 1.66. The van der Waals surface area contributed by atoms with Gasteiger partial charge in [-0.05, 0) is 33.3 Å². The molecule has 0 aliphatic carbocycles. The predicted molar refractivity (Wildman–Crippen MR) is 85.6 cm³/mol. The summed E-state index contributed by atoms with van der Waals surface area (Å²) in [7, 11) is 2.09. The Bertz CT molecular complexity index is 559. The van der Waals surface area contributed by atoms with Crippen LogP contribution >= 0.6 is 11.3 Å². The third-order valence-electron chi connectivity index (χ3n) is 3.50. The van der Waals surface area contributed by atoms with E-state index in [1.807, 2.05) is 6.92 Å². The smallest absolute Gasteiger partial charge is 0.183 e. The first-order valence-corrected chi connectivity index (χ1v) is 7.92. The summed E-state index contributed by atoms with van der Waals surface area (Å²) in [5.74, 6) is 0. The van der Waals surface area contributed by atoms with Crippen molar-refractivity contribution < 1.29 is 4.74 Å². The van der Waals surface area contributed by atoms with Gasteiger partial charge in [-0.25, -0.2) is 4.98 Å². The molecule has 1 N–H and O–H groups in total. The van der Waals surface area contributed by atoms with Crippen LogP contribution in [0.2, 0.25) is 0 Å². The molecule has 0 saturated carbocycles. The van der Waals surface area contributed by atoms with Crippen molar-refractivity contribution in [3.05, 3.63) is 22.8 Å². The van der Waals surface area contributed by atoms with Crippen LogP contribution in [-0.4, -0.2) is 29.3 Å². The summed E-state index contributed by atoms with van der Waals surface area (Å²) < 4.78 is 7.52. The van der Waals surface area contributed by atoms with E-state index < -0.39 is 0 Å². The number of anilines is 1. The first-order chi connectivity index (χ1) is 9.63. The molecule has 2 rings (SSSR count). The van der Waals surface area contributed by atoms with Gasteiger partial charge >= 0.3 is 0 Å². The number of thiazole rings is 1. The molecule has 0 aliphatic heterocycles.